The van der Waals surface area contributed by atoms with Gasteiger partial charge in [0.05, 0.1) is 0 Å². The van der Waals surface area contributed by atoms with Gasteiger partial charge in [0.1, 0.15) is 0 Å². The van der Waals surface area contributed by atoms with E-state index in [9.17, 15) is 0 Å². The lowest BCUT2D eigenvalue weighted by Gasteiger charge is -2.11. The van der Waals surface area contributed by atoms with Crippen LogP contribution in [-0.2, 0) is 6.42 Å². The van der Waals surface area contributed by atoms with Crippen LogP contribution in [0.2, 0.25) is 0 Å². The lowest BCUT2D eigenvalue weighted by molar-refractivity contribution is 0.835. The second-order valence-corrected chi connectivity index (χ2v) is 6.13. The Hall–Kier alpha value is -2.01. The molecule has 0 atom stereocenters. The van der Waals surface area contributed by atoms with Gasteiger partial charge in [0.25, 0.3) is 0 Å². The van der Waals surface area contributed by atoms with Crippen molar-refractivity contribution in [2.24, 2.45) is 4.99 Å². The van der Waals surface area contributed by atoms with E-state index >= 15 is 0 Å². The molecule has 2 N–H and O–H groups in total. The van der Waals surface area contributed by atoms with Crippen LogP contribution < -0.4 is 10.6 Å². The van der Waals surface area contributed by atoms with Gasteiger partial charge in [-0.05, 0) is 37.1 Å². The minimum absolute atomic E-state index is 0.757. The maximum absolute atomic E-state index is 4.61. The summed E-state index contributed by atoms with van der Waals surface area (Å²) in [7, 11) is 0. The van der Waals surface area contributed by atoms with Crippen molar-refractivity contribution in [3.63, 3.8) is 0 Å². The lowest BCUT2D eigenvalue weighted by Crippen LogP contribution is -2.38. The monoisotopic (exact) mass is 328 g/mol. The number of hydrogen-bond donors (Lipinski definition) is 2. The summed E-state index contributed by atoms with van der Waals surface area (Å²) in [6.07, 6.45) is 4.60. The number of nitrogens with one attached hydrogen (secondary N) is 2. The Labute approximate surface area is 142 Å². The molecule has 0 aliphatic carbocycles. The van der Waals surface area contributed by atoms with Gasteiger partial charge in [-0.15, -0.1) is 11.8 Å². The van der Waals surface area contributed by atoms with E-state index in [4.69, 9.17) is 0 Å². The van der Waals surface area contributed by atoms with Crippen LogP contribution in [0.15, 0.2) is 64.7 Å². The van der Waals surface area contributed by atoms with Crippen LogP contribution in [-0.4, -0.2) is 36.3 Å². The smallest absolute Gasteiger partial charge is 0.191 e. The Balaban J connectivity index is 1.71. The fraction of sp³-hybridized carbons (Fsp3) is 0.333. The third kappa shape index (κ3) is 7.19. The Kier molecular flexibility index (Phi) is 8.05. The first-order chi connectivity index (χ1) is 11.4. The number of benzene rings is 1. The normalized spacial score (nSPS) is 11.3. The van der Waals surface area contributed by atoms with Crippen molar-refractivity contribution in [1.29, 1.82) is 0 Å². The van der Waals surface area contributed by atoms with Crippen molar-refractivity contribution < 1.29 is 0 Å². The minimum Gasteiger partial charge on any atom is -0.357 e. The Morgan fingerprint density at radius 3 is 2.74 bits per heavy atom. The first-order valence-electron chi connectivity index (χ1n) is 7.97. The predicted molar refractivity (Wildman–Crippen MR) is 99.1 cm³/mol. The zero-order valence-corrected chi connectivity index (χ0v) is 14.4. The number of aromatic nitrogens is 1. The molecular weight excluding hydrogens is 304 g/mol. The summed E-state index contributed by atoms with van der Waals surface area (Å²) in [5, 5.41) is 6.66. The molecule has 0 bridgehead atoms. The standard InChI is InChI=1S/C18H24N4S/c1-2-20-18(21-12-10-16-7-6-11-19-15-16)22-13-14-23-17-8-4-3-5-9-17/h3-9,11,15H,2,10,12-14H2,1H3,(H2,20,21,22). The molecule has 0 spiro atoms. The molecule has 0 saturated heterocycles. The summed E-state index contributed by atoms with van der Waals surface area (Å²) in [6, 6.07) is 14.5. The topological polar surface area (TPSA) is 49.3 Å². The van der Waals surface area contributed by atoms with Crippen LogP contribution in [0.1, 0.15) is 12.5 Å². The summed E-state index contributed by atoms with van der Waals surface area (Å²) in [4.78, 5) is 10.0. The molecule has 0 aliphatic heterocycles. The van der Waals surface area contributed by atoms with Crippen LogP contribution in [0.25, 0.3) is 0 Å². The van der Waals surface area contributed by atoms with E-state index in [1.54, 1.807) is 6.20 Å². The number of hydrogen-bond acceptors (Lipinski definition) is 3. The van der Waals surface area contributed by atoms with E-state index in [1.807, 2.05) is 30.1 Å². The molecular formula is C18H24N4S. The van der Waals surface area contributed by atoms with Crippen LogP contribution in [0, 0.1) is 0 Å². The first kappa shape index (κ1) is 17.3. The highest BCUT2D eigenvalue weighted by atomic mass is 32.2. The molecule has 1 aromatic heterocycles. The van der Waals surface area contributed by atoms with Crippen molar-refractivity contribution in [2.45, 2.75) is 18.2 Å². The van der Waals surface area contributed by atoms with E-state index in [0.29, 0.717) is 0 Å². The van der Waals surface area contributed by atoms with Gasteiger partial charge in [0.2, 0.25) is 0 Å². The van der Waals surface area contributed by atoms with Crippen LogP contribution >= 0.6 is 11.8 Å². The zero-order valence-electron chi connectivity index (χ0n) is 13.5. The molecule has 0 radical (unpaired) electrons. The Morgan fingerprint density at radius 2 is 2.00 bits per heavy atom. The SMILES string of the molecule is CCNC(=NCCc1cccnc1)NCCSc1ccccc1. The third-order valence-corrected chi connectivity index (χ3v) is 4.16. The Morgan fingerprint density at radius 1 is 1.13 bits per heavy atom. The highest BCUT2D eigenvalue weighted by molar-refractivity contribution is 7.99. The zero-order chi connectivity index (χ0) is 16.2. The van der Waals surface area contributed by atoms with Crippen molar-refractivity contribution in [1.82, 2.24) is 15.6 Å². The summed E-state index contributed by atoms with van der Waals surface area (Å²) >= 11 is 1.85. The lowest BCUT2D eigenvalue weighted by atomic mass is 10.2. The number of aliphatic imine (C=N–C) groups is 1. The molecule has 0 saturated carbocycles. The predicted octanol–water partition coefficient (Wildman–Crippen LogP) is 2.97. The summed E-state index contributed by atoms with van der Waals surface area (Å²) in [5.74, 6) is 1.89. The van der Waals surface area contributed by atoms with E-state index in [-0.39, 0.29) is 0 Å². The fourth-order valence-corrected chi connectivity index (χ4v) is 2.83. The number of nitrogens with zero attached hydrogens (tertiary/aromatic N) is 2. The molecule has 122 valence electrons. The molecule has 4 nitrogen and oxygen atoms in total. The number of pyridine rings is 1. The van der Waals surface area contributed by atoms with Crippen molar-refractivity contribution in [2.75, 3.05) is 25.4 Å². The number of rotatable bonds is 8. The van der Waals surface area contributed by atoms with E-state index in [2.05, 4.69) is 57.9 Å². The van der Waals surface area contributed by atoms with Gasteiger partial charge >= 0.3 is 0 Å². The summed E-state index contributed by atoms with van der Waals surface area (Å²) in [5.41, 5.74) is 1.21. The number of thioether (sulfide) groups is 1. The molecule has 0 aliphatic rings. The van der Waals surface area contributed by atoms with Crippen LogP contribution in [0.5, 0.6) is 0 Å². The molecule has 5 heteroatoms. The van der Waals surface area contributed by atoms with E-state index in [1.165, 1.54) is 10.5 Å². The summed E-state index contributed by atoms with van der Waals surface area (Å²) < 4.78 is 0. The fourth-order valence-electron chi connectivity index (χ4n) is 2.04. The van der Waals surface area contributed by atoms with Gasteiger partial charge in [0.15, 0.2) is 5.96 Å². The molecule has 0 fully saturated rings. The molecule has 0 amide bonds. The quantitative estimate of drug-likeness (QED) is 0.338. The summed E-state index contributed by atoms with van der Waals surface area (Å²) in [6.45, 7) is 4.59. The van der Waals surface area contributed by atoms with Gasteiger partial charge in [0, 0.05) is 42.7 Å². The average molecular weight is 328 g/mol. The van der Waals surface area contributed by atoms with Crippen molar-refractivity contribution in [3.05, 3.63) is 60.4 Å². The molecule has 1 heterocycles. The molecule has 2 rings (SSSR count). The Bertz CT molecular complexity index is 572. The highest BCUT2D eigenvalue weighted by Gasteiger charge is 1.98. The largest absolute Gasteiger partial charge is 0.357 e. The maximum atomic E-state index is 4.61. The molecule has 2 aromatic rings. The molecule has 1 aromatic carbocycles. The van der Waals surface area contributed by atoms with Crippen LogP contribution in [0.3, 0.4) is 0 Å². The second kappa shape index (κ2) is 10.7. The highest BCUT2D eigenvalue weighted by Crippen LogP contribution is 2.15. The minimum atomic E-state index is 0.757. The van der Waals surface area contributed by atoms with Crippen molar-refractivity contribution in [3.8, 4) is 0 Å². The van der Waals surface area contributed by atoms with E-state index in [0.717, 1.165) is 37.8 Å². The van der Waals surface area contributed by atoms with Crippen LogP contribution in [0.4, 0.5) is 0 Å². The number of guanidine groups is 1. The van der Waals surface area contributed by atoms with Gasteiger partial charge in [-0.3, -0.25) is 9.98 Å². The average Bonchev–Trinajstić information content (AvgIpc) is 2.60. The molecule has 0 unspecified atom stereocenters. The second-order valence-electron chi connectivity index (χ2n) is 4.96. The van der Waals surface area contributed by atoms with Gasteiger partial charge in [-0.25, -0.2) is 0 Å². The van der Waals surface area contributed by atoms with Crippen molar-refractivity contribution >= 4 is 17.7 Å². The van der Waals surface area contributed by atoms with Gasteiger partial charge < -0.3 is 10.6 Å². The maximum Gasteiger partial charge on any atom is 0.191 e. The van der Waals surface area contributed by atoms with Gasteiger partial charge in [-0.1, -0.05) is 24.3 Å². The third-order valence-electron chi connectivity index (χ3n) is 3.14. The molecule has 23 heavy (non-hydrogen) atoms. The first-order valence-corrected chi connectivity index (χ1v) is 8.96. The van der Waals surface area contributed by atoms with Gasteiger partial charge in [-0.2, -0.15) is 0 Å². The van der Waals surface area contributed by atoms with E-state index < -0.39 is 0 Å².